The Kier molecular flexibility index (Phi) is 24.2. The first kappa shape index (κ1) is 27.6. The van der Waals surface area contributed by atoms with Crippen LogP contribution in [0.5, 0.6) is 0 Å². The normalized spacial score (nSPS) is 11.4. The predicted octanol–water partition coefficient (Wildman–Crippen LogP) is 8.45. The van der Waals surface area contributed by atoms with Crippen LogP contribution >= 0.6 is 12.6 Å². The van der Waals surface area contributed by atoms with E-state index in [0.29, 0.717) is 18.8 Å². The lowest BCUT2D eigenvalue weighted by Crippen LogP contribution is -2.06. The van der Waals surface area contributed by atoms with E-state index in [1.54, 1.807) is 0 Å². The van der Waals surface area contributed by atoms with E-state index in [1.165, 1.54) is 103 Å². The number of rotatable bonds is 22. The van der Waals surface area contributed by atoms with Crippen molar-refractivity contribution in [3.8, 4) is 0 Å². The van der Waals surface area contributed by atoms with Gasteiger partial charge in [-0.3, -0.25) is 4.79 Å². The maximum atomic E-state index is 11.3. The van der Waals surface area contributed by atoms with E-state index in [9.17, 15) is 4.79 Å². The quantitative estimate of drug-likeness (QED) is 0.0835. The third-order valence-corrected chi connectivity index (χ3v) is 5.41. The van der Waals surface area contributed by atoms with Crippen molar-refractivity contribution >= 4 is 18.6 Å². The minimum atomic E-state index is -0.0615. The van der Waals surface area contributed by atoms with Crippen LogP contribution in [0.3, 0.4) is 0 Å². The number of carbonyl (C=O) groups excluding carboxylic acids is 1. The zero-order valence-electron chi connectivity index (χ0n) is 18.8. The molecule has 0 aliphatic carbocycles. The minimum Gasteiger partial charge on any atom is -0.465 e. The smallest absolute Gasteiger partial charge is 0.305 e. The predicted molar refractivity (Wildman–Crippen MR) is 127 cm³/mol. The van der Waals surface area contributed by atoms with E-state index in [0.717, 1.165) is 12.8 Å². The first-order chi connectivity index (χ1) is 13.8. The van der Waals surface area contributed by atoms with E-state index in [4.69, 9.17) is 4.74 Å². The van der Waals surface area contributed by atoms with E-state index < -0.39 is 0 Å². The van der Waals surface area contributed by atoms with Crippen molar-refractivity contribution < 1.29 is 9.53 Å². The van der Waals surface area contributed by atoms with Crippen LogP contribution in [-0.2, 0) is 9.53 Å². The lowest BCUT2D eigenvalue weighted by atomic mass is 10.0. The standard InChI is InChI=1S/C25H48O2S/c1-2-3-4-5-6-7-8-9-10-11-12-13-14-15-16-17-18-19-20-21-22-25(26)27-23-24-28/h4-5,28H,2-3,6-24H2,1H3/b5-4+. The van der Waals surface area contributed by atoms with E-state index in [1.807, 2.05) is 0 Å². The summed E-state index contributed by atoms with van der Waals surface area (Å²) in [5.41, 5.74) is 0. The number of hydrogen-bond acceptors (Lipinski definition) is 3. The monoisotopic (exact) mass is 412 g/mol. The molecular formula is C25H48O2S. The van der Waals surface area contributed by atoms with Gasteiger partial charge in [-0.05, 0) is 25.7 Å². The van der Waals surface area contributed by atoms with Gasteiger partial charge < -0.3 is 4.74 Å². The highest BCUT2D eigenvalue weighted by molar-refractivity contribution is 7.80. The van der Waals surface area contributed by atoms with Gasteiger partial charge in [0.2, 0.25) is 0 Å². The molecule has 166 valence electrons. The van der Waals surface area contributed by atoms with Crippen molar-refractivity contribution in [3.63, 3.8) is 0 Å². The Bertz CT molecular complexity index is 341. The Balaban J connectivity index is 3.07. The van der Waals surface area contributed by atoms with Crippen LogP contribution in [0.15, 0.2) is 12.2 Å². The number of unbranched alkanes of at least 4 members (excludes halogenated alkanes) is 16. The first-order valence-corrected chi connectivity index (χ1v) is 12.9. The maximum Gasteiger partial charge on any atom is 0.305 e. The fourth-order valence-corrected chi connectivity index (χ4v) is 3.55. The Morgan fingerprint density at radius 1 is 0.679 bits per heavy atom. The summed E-state index contributed by atoms with van der Waals surface area (Å²) in [4.78, 5) is 11.3. The summed E-state index contributed by atoms with van der Waals surface area (Å²) in [5, 5.41) is 0. The summed E-state index contributed by atoms with van der Waals surface area (Å²) in [6.07, 6.45) is 29.3. The molecule has 0 heterocycles. The second-order valence-electron chi connectivity index (χ2n) is 8.05. The largest absolute Gasteiger partial charge is 0.465 e. The highest BCUT2D eigenvalue weighted by atomic mass is 32.1. The molecule has 0 unspecified atom stereocenters. The van der Waals surface area contributed by atoms with Crippen LogP contribution in [0, 0.1) is 0 Å². The second kappa shape index (κ2) is 24.6. The van der Waals surface area contributed by atoms with Gasteiger partial charge in [-0.2, -0.15) is 12.6 Å². The fourth-order valence-electron chi connectivity index (χ4n) is 3.46. The molecule has 0 fully saturated rings. The van der Waals surface area contributed by atoms with Crippen molar-refractivity contribution in [2.75, 3.05) is 12.4 Å². The van der Waals surface area contributed by atoms with Crippen LogP contribution in [0.1, 0.15) is 129 Å². The SMILES string of the molecule is CCC/C=C/CCCCCCCCCCCCCCCCCC(=O)OCCS. The molecule has 0 saturated carbocycles. The van der Waals surface area contributed by atoms with Crippen LogP contribution in [-0.4, -0.2) is 18.3 Å². The maximum absolute atomic E-state index is 11.3. The summed E-state index contributed by atoms with van der Waals surface area (Å²) in [7, 11) is 0. The van der Waals surface area contributed by atoms with Crippen molar-refractivity contribution in [1.82, 2.24) is 0 Å². The molecule has 0 aliphatic rings. The number of ether oxygens (including phenoxy) is 1. The van der Waals surface area contributed by atoms with Crippen LogP contribution in [0.2, 0.25) is 0 Å². The summed E-state index contributed by atoms with van der Waals surface area (Å²) < 4.78 is 5.01. The molecule has 0 aromatic rings. The van der Waals surface area contributed by atoms with Gasteiger partial charge in [-0.25, -0.2) is 0 Å². The highest BCUT2D eigenvalue weighted by Gasteiger charge is 2.01. The van der Waals surface area contributed by atoms with Crippen LogP contribution < -0.4 is 0 Å². The molecule has 3 heteroatoms. The van der Waals surface area contributed by atoms with Crippen molar-refractivity contribution in [1.29, 1.82) is 0 Å². The molecule has 28 heavy (non-hydrogen) atoms. The molecule has 0 atom stereocenters. The fraction of sp³-hybridized carbons (Fsp3) is 0.880. The Morgan fingerprint density at radius 2 is 1.11 bits per heavy atom. The molecule has 0 aliphatic heterocycles. The lowest BCUT2D eigenvalue weighted by Gasteiger charge is -2.04. The molecule has 0 aromatic carbocycles. The third kappa shape index (κ3) is 23.6. The number of allylic oxidation sites excluding steroid dienone is 2. The van der Waals surface area contributed by atoms with Gasteiger partial charge in [0.15, 0.2) is 0 Å². The van der Waals surface area contributed by atoms with Gasteiger partial charge in [0.25, 0.3) is 0 Å². The summed E-state index contributed by atoms with van der Waals surface area (Å²) >= 11 is 4.03. The number of thiol groups is 1. The average molecular weight is 413 g/mol. The van der Waals surface area contributed by atoms with Crippen molar-refractivity contribution in [2.24, 2.45) is 0 Å². The number of carbonyl (C=O) groups is 1. The second-order valence-corrected chi connectivity index (χ2v) is 8.49. The molecule has 0 rings (SSSR count). The highest BCUT2D eigenvalue weighted by Crippen LogP contribution is 2.14. The molecule has 0 N–H and O–H groups in total. The zero-order chi connectivity index (χ0) is 20.5. The number of esters is 1. The van der Waals surface area contributed by atoms with Crippen LogP contribution in [0.4, 0.5) is 0 Å². The molecule has 0 aromatic heterocycles. The Morgan fingerprint density at radius 3 is 1.57 bits per heavy atom. The van der Waals surface area contributed by atoms with Gasteiger partial charge in [-0.1, -0.05) is 109 Å². The van der Waals surface area contributed by atoms with E-state index in [-0.39, 0.29) is 5.97 Å². The van der Waals surface area contributed by atoms with Gasteiger partial charge >= 0.3 is 5.97 Å². The molecule has 0 amide bonds. The number of hydrogen-bond donors (Lipinski definition) is 1. The first-order valence-electron chi connectivity index (χ1n) is 12.2. The molecule has 0 saturated heterocycles. The zero-order valence-corrected chi connectivity index (χ0v) is 19.7. The van der Waals surface area contributed by atoms with Gasteiger partial charge in [-0.15, -0.1) is 0 Å². The summed E-state index contributed by atoms with van der Waals surface area (Å²) in [5.74, 6) is 0.553. The lowest BCUT2D eigenvalue weighted by molar-refractivity contribution is -0.143. The van der Waals surface area contributed by atoms with Crippen molar-refractivity contribution in [2.45, 2.75) is 129 Å². The van der Waals surface area contributed by atoms with Gasteiger partial charge in [0.1, 0.15) is 6.61 Å². The van der Waals surface area contributed by atoms with E-state index >= 15 is 0 Å². The van der Waals surface area contributed by atoms with Gasteiger partial charge in [0.05, 0.1) is 0 Å². The van der Waals surface area contributed by atoms with Gasteiger partial charge in [0, 0.05) is 12.2 Å². The third-order valence-electron chi connectivity index (χ3n) is 5.23. The topological polar surface area (TPSA) is 26.3 Å². The molecular weight excluding hydrogens is 364 g/mol. The molecule has 0 spiro atoms. The average Bonchev–Trinajstić information content (AvgIpc) is 2.70. The Labute approximate surface area is 181 Å². The molecule has 0 radical (unpaired) electrons. The van der Waals surface area contributed by atoms with Crippen LogP contribution in [0.25, 0.3) is 0 Å². The molecule has 0 bridgehead atoms. The molecule has 2 nitrogen and oxygen atoms in total. The summed E-state index contributed by atoms with van der Waals surface area (Å²) in [6, 6.07) is 0. The van der Waals surface area contributed by atoms with Crippen molar-refractivity contribution in [3.05, 3.63) is 12.2 Å². The Hall–Kier alpha value is -0.440. The summed E-state index contributed by atoms with van der Waals surface area (Å²) in [6.45, 7) is 2.68. The minimum absolute atomic E-state index is 0.0615. The van der Waals surface area contributed by atoms with E-state index in [2.05, 4.69) is 31.7 Å².